The summed E-state index contributed by atoms with van der Waals surface area (Å²) in [5, 5.41) is 8.71. The first-order valence-electron chi connectivity index (χ1n) is 13.0. The Morgan fingerprint density at radius 1 is 0.714 bits per heavy atom. The molecule has 1 aliphatic heterocycles. The number of nitrogens with one attached hydrogen (secondary N) is 3. The molecule has 1 heterocycles. The molecule has 0 radical (unpaired) electrons. The van der Waals surface area contributed by atoms with Gasteiger partial charge in [-0.2, -0.15) is 0 Å². The summed E-state index contributed by atoms with van der Waals surface area (Å²) in [5.41, 5.74) is 3.55. The van der Waals surface area contributed by atoms with Gasteiger partial charge in [0.25, 0.3) is 17.7 Å². The molecule has 0 saturated carbocycles. The first-order valence-corrected chi connectivity index (χ1v) is 13.4. The number of amides is 3. The van der Waals surface area contributed by atoms with Gasteiger partial charge in [0, 0.05) is 28.3 Å². The van der Waals surface area contributed by atoms with Gasteiger partial charge in [-0.3, -0.25) is 14.4 Å². The predicted octanol–water partition coefficient (Wildman–Crippen LogP) is 6.29. The second-order valence-corrected chi connectivity index (χ2v) is 9.51. The number of hydrogen-bond donors (Lipinski definition) is 3. The van der Waals surface area contributed by atoms with Crippen molar-refractivity contribution in [3.63, 3.8) is 0 Å². The van der Waals surface area contributed by atoms with Gasteiger partial charge in [-0.1, -0.05) is 35.9 Å². The van der Waals surface area contributed by atoms with Crippen LogP contribution in [0.5, 0.6) is 0 Å². The fraction of sp³-hybridized carbons (Fsp3) is 0.0625. The zero-order chi connectivity index (χ0) is 29.6. The molecule has 0 aromatic heterocycles. The third kappa shape index (κ3) is 6.16. The van der Waals surface area contributed by atoms with E-state index in [9.17, 15) is 19.2 Å². The quantitative estimate of drug-likeness (QED) is 0.157. The van der Waals surface area contributed by atoms with Gasteiger partial charge in [-0.25, -0.2) is 9.69 Å². The summed E-state index contributed by atoms with van der Waals surface area (Å²) in [6, 6.07) is 29.4. The lowest BCUT2D eigenvalue weighted by atomic mass is 10.1. The molecule has 4 aromatic rings. The molecule has 0 bridgehead atoms. The molecule has 10 heteroatoms. The molecule has 0 saturated heterocycles. The minimum absolute atomic E-state index is 0.121. The number of anilines is 5. The van der Waals surface area contributed by atoms with Crippen molar-refractivity contribution in [1.82, 2.24) is 0 Å². The molecule has 5 rings (SSSR count). The van der Waals surface area contributed by atoms with Crippen molar-refractivity contribution in [3.8, 4) is 0 Å². The van der Waals surface area contributed by atoms with Crippen molar-refractivity contribution in [2.24, 2.45) is 0 Å². The Balaban J connectivity index is 1.22. The first kappa shape index (κ1) is 28.1. The third-order valence-electron chi connectivity index (χ3n) is 6.26. The maximum Gasteiger partial charge on any atom is 0.338 e. The largest absolute Gasteiger partial charge is 0.462 e. The van der Waals surface area contributed by atoms with E-state index in [0.717, 1.165) is 16.3 Å². The van der Waals surface area contributed by atoms with Crippen LogP contribution in [0.2, 0.25) is 0 Å². The zero-order valence-corrected chi connectivity index (χ0v) is 23.1. The molecule has 4 aromatic carbocycles. The lowest BCUT2D eigenvalue weighted by molar-refractivity contribution is -0.120. The van der Waals surface area contributed by atoms with E-state index in [4.69, 9.17) is 16.3 Å². The van der Waals surface area contributed by atoms with Gasteiger partial charge in [-0.15, -0.1) is 0 Å². The average molecular weight is 581 g/mol. The van der Waals surface area contributed by atoms with Gasteiger partial charge < -0.3 is 20.7 Å². The number of esters is 1. The Kier molecular flexibility index (Phi) is 8.31. The van der Waals surface area contributed by atoms with Crippen LogP contribution >= 0.6 is 11.6 Å². The molecule has 3 N–H and O–H groups in total. The van der Waals surface area contributed by atoms with Crippen LogP contribution in [-0.4, -0.2) is 30.3 Å². The highest BCUT2D eigenvalue weighted by Gasteiger charge is 2.39. The minimum atomic E-state index is -0.730. The standard InChI is InChI=1S/C32H25ClN4O5/c1-2-42-32(41)21-7-6-10-26(19-21)37-30(39)27(33)28(31(37)40)35-24-13-11-20(12-14-24)29(38)36-25-17-15-23(16-18-25)34-22-8-4-3-5-9-22/h3-19,34-35H,2H2,1H3,(H,36,38). The molecule has 0 atom stereocenters. The molecule has 9 nitrogen and oxygen atoms in total. The fourth-order valence-corrected chi connectivity index (χ4v) is 4.42. The van der Waals surface area contributed by atoms with E-state index < -0.39 is 17.8 Å². The van der Waals surface area contributed by atoms with Crippen LogP contribution in [-0.2, 0) is 14.3 Å². The van der Waals surface area contributed by atoms with Crippen molar-refractivity contribution in [2.75, 3.05) is 27.5 Å². The number of benzene rings is 4. The molecule has 0 fully saturated rings. The van der Waals surface area contributed by atoms with Crippen LogP contribution in [0.15, 0.2) is 114 Å². The van der Waals surface area contributed by atoms with Gasteiger partial charge in [-0.05, 0) is 85.8 Å². The molecular weight excluding hydrogens is 556 g/mol. The minimum Gasteiger partial charge on any atom is -0.462 e. The Morgan fingerprint density at radius 2 is 1.33 bits per heavy atom. The molecule has 0 spiro atoms. The SMILES string of the molecule is CCOC(=O)c1cccc(N2C(=O)C(Cl)=C(Nc3ccc(C(=O)Nc4ccc(Nc5ccccc5)cc4)cc3)C2=O)c1. The number of carbonyl (C=O) groups excluding carboxylic acids is 4. The van der Waals surface area contributed by atoms with Crippen molar-refractivity contribution >= 4 is 63.7 Å². The predicted molar refractivity (Wildman–Crippen MR) is 162 cm³/mol. The summed E-state index contributed by atoms with van der Waals surface area (Å²) < 4.78 is 5.00. The van der Waals surface area contributed by atoms with E-state index in [0.29, 0.717) is 16.9 Å². The zero-order valence-electron chi connectivity index (χ0n) is 22.4. The summed E-state index contributed by atoms with van der Waals surface area (Å²) in [5.74, 6) is -2.30. The molecule has 210 valence electrons. The second-order valence-electron chi connectivity index (χ2n) is 9.13. The molecule has 42 heavy (non-hydrogen) atoms. The van der Waals surface area contributed by atoms with Crippen molar-refractivity contribution in [3.05, 3.63) is 125 Å². The van der Waals surface area contributed by atoms with E-state index in [1.807, 2.05) is 42.5 Å². The van der Waals surface area contributed by atoms with Crippen LogP contribution in [0.25, 0.3) is 0 Å². The fourth-order valence-electron chi connectivity index (χ4n) is 4.21. The highest BCUT2D eigenvalue weighted by Crippen LogP contribution is 2.31. The number of ether oxygens (including phenoxy) is 1. The van der Waals surface area contributed by atoms with Crippen LogP contribution in [0.1, 0.15) is 27.6 Å². The van der Waals surface area contributed by atoms with E-state index >= 15 is 0 Å². The van der Waals surface area contributed by atoms with Gasteiger partial charge >= 0.3 is 5.97 Å². The topological polar surface area (TPSA) is 117 Å². The Morgan fingerprint density at radius 3 is 2.02 bits per heavy atom. The smallest absolute Gasteiger partial charge is 0.338 e. The summed E-state index contributed by atoms with van der Waals surface area (Å²) in [4.78, 5) is 51.8. The van der Waals surface area contributed by atoms with Gasteiger partial charge in [0.2, 0.25) is 0 Å². The first-order chi connectivity index (χ1) is 20.3. The highest BCUT2D eigenvalue weighted by atomic mass is 35.5. The third-order valence-corrected chi connectivity index (χ3v) is 6.62. The number of para-hydroxylation sites is 1. The van der Waals surface area contributed by atoms with Crippen molar-refractivity contribution in [2.45, 2.75) is 6.92 Å². The van der Waals surface area contributed by atoms with Crippen molar-refractivity contribution < 1.29 is 23.9 Å². The number of carbonyl (C=O) groups is 4. The Bertz CT molecular complexity index is 1690. The Labute approximate surface area is 246 Å². The number of rotatable bonds is 9. The molecular formula is C32H25ClN4O5. The number of nitrogens with zero attached hydrogens (tertiary/aromatic N) is 1. The normalized spacial score (nSPS) is 12.8. The van der Waals surface area contributed by atoms with E-state index in [-0.39, 0.29) is 34.5 Å². The Hall–Kier alpha value is -5.41. The van der Waals surface area contributed by atoms with Gasteiger partial charge in [0.1, 0.15) is 10.7 Å². The maximum atomic E-state index is 13.2. The van der Waals surface area contributed by atoms with E-state index in [1.54, 1.807) is 49.4 Å². The second kappa shape index (κ2) is 12.4. The molecule has 1 aliphatic rings. The average Bonchev–Trinajstić information content (AvgIpc) is 3.22. The number of halogens is 1. The summed E-state index contributed by atoms with van der Waals surface area (Å²) in [7, 11) is 0. The summed E-state index contributed by atoms with van der Waals surface area (Å²) in [6.07, 6.45) is 0. The highest BCUT2D eigenvalue weighted by molar-refractivity contribution is 6.53. The van der Waals surface area contributed by atoms with E-state index in [1.165, 1.54) is 18.2 Å². The van der Waals surface area contributed by atoms with Crippen LogP contribution in [0.4, 0.5) is 28.4 Å². The van der Waals surface area contributed by atoms with Crippen molar-refractivity contribution in [1.29, 1.82) is 0 Å². The monoisotopic (exact) mass is 580 g/mol. The summed E-state index contributed by atoms with van der Waals surface area (Å²) in [6.45, 7) is 1.87. The van der Waals surface area contributed by atoms with Gasteiger partial charge in [0.05, 0.1) is 17.9 Å². The molecule has 0 aliphatic carbocycles. The van der Waals surface area contributed by atoms with Crippen LogP contribution in [0, 0.1) is 0 Å². The lowest BCUT2D eigenvalue weighted by Crippen LogP contribution is -2.32. The van der Waals surface area contributed by atoms with E-state index in [2.05, 4.69) is 16.0 Å². The number of imide groups is 1. The van der Waals surface area contributed by atoms with Crippen LogP contribution in [0.3, 0.4) is 0 Å². The summed E-state index contributed by atoms with van der Waals surface area (Å²) >= 11 is 6.24. The lowest BCUT2D eigenvalue weighted by Gasteiger charge is -2.16. The number of hydrogen-bond acceptors (Lipinski definition) is 7. The molecule has 3 amide bonds. The van der Waals surface area contributed by atoms with Crippen LogP contribution < -0.4 is 20.9 Å². The molecule has 0 unspecified atom stereocenters. The maximum absolute atomic E-state index is 13.2. The van der Waals surface area contributed by atoms with Gasteiger partial charge in [0.15, 0.2) is 0 Å².